The Morgan fingerprint density at radius 2 is 1.56 bits per heavy atom. The summed E-state index contributed by atoms with van der Waals surface area (Å²) in [5.41, 5.74) is 5.96. The monoisotopic (exact) mass is 327 g/mol. The van der Waals surface area contributed by atoms with E-state index in [1.165, 1.54) is 27.4 Å². The van der Waals surface area contributed by atoms with Crippen LogP contribution in [-0.4, -0.2) is 17.8 Å². The van der Waals surface area contributed by atoms with E-state index in [-0.39, 0.29) is 0 Å². The van der Waals surface area contributed by atoms with Gasteiger partial charge >= 0.3 is 0 Å². The van der Waals surface area contributed by atoms with Gasteiger partial charge in [0.15, 0.2) is 0 Å². The number of nitrogens with zero attached hydrogens (tertiary/aromatic N) is 3. The molecule has 0 unspecified atom stereocenters. The summed E-state index contributed by atoms with van der Waals surface area (Å²) < 4.78 is 2.25. The zero-order valence-corrected chi connectivity index (χ0v) is 14.8. The summed E-state index contributed by atoms with van der Waals surface area (Å²) in [6.45, 7) is 2.14. The van der Waals surface area contributed by atoms with Crippen LogP contribution >= 0.6 is 0 Å². The molecule has 4 rings (SSSR count). The van der Waals surface area contributed by atoms with Gasteiger partial charge in [-0.15, -0.1) is 0 Å². The maximum Gasteiger partial charge on any atom is 0.0590 e. The van der Waals surface area contributed by atoms with Crippen molar-refractivity contribution in [3.63, 3.8) is 0 Å². The minimum Gasteiger partial charge on any atom is -0.344 e. The Morgan fingerprint density at radius 1 is 0.880 bits per heavy atom. The van der Waals surface area contributed by atoms with Crippen molar-refractivity contribution in [2.45, 2.75) is 6.92 Å². The Morgan fingerprint density at radius 3 is 2.32 bits per heavy atom. The lowest BCUT2D eigenvalue weighted by Gasteiger charge is -2.12. The lowest BCUT2D eigenvalue weighted by Crippen LogP contribution is -2.08. The molecule has 0 saturated carbocycles. The van der Waals surface area contributed by atoms with E-state index in [0.29, 0.717) is 0 Å². The fourth-order valence-corrected chi connectivity index (χ4v) is 3.29. The molecule has 0 aliphatic carbocycles. The van der Waals surface area contributed by atoms with E-state index >= 15 is 0 Å². The molecule has 0 N–H and O–H groups in total. The smallest absolute Gasteiger partial charge is 0.0590 e. The largest absolute Gasteiger partial charge is 0.344 e. The molecule has 0 aliphatic rings. The van der Waals surface area contributed by atoms with Crippen molar-refractivity contribution < 1.29 is 0 Å². The van der Waals surface area contributed by atoms with E-state index in [0.717, 1.165) is 11.3 Å². The Balaban J connectivity index is 1.75. The molecule has 3 nitrogen and oxygen atoms in total. The summed E-state index contributed by atoms with van der Waals surface area (Å²) in [7, 11) is 4.09. The number of hydrogen-bond acceptors (Lipinski definition) is 2. The normalized spacial score (nSPS) is 11.6. The first-order valence-corrected chi connectivity index (χ1v) is 8.45. The van der Waals surface area contributed by atoms with E-state index < -0.39 is 0 Å². The van der Waals surface area contributed by atoms with Gasteiger partial charge in [0.05, 0.1) is 11.9 Å². The maximum atomic E-state index is 4.58. The molecular formula is C22H21N3. The fraction of sp³-hybridized carbons (Fsp3) is 0.136. The topological polar surface area (TPSA) is 20.5 Å². The van der Waals surface area contributed by atoms with Crippen LogP contribution in [0.25, 0.3) is 21.8 Å². The fourth-order valence-electron chi connectivity index (χ4n) is 3.29. The Labute approximate surface area is 147 Å². The second-order valence-corrected chi connectivity index (χ2v) is 6.46. The number of rotatable bonds is 3. The standard InChI is InChI=1S/C22H21N3/c1-16-9-11-21-19(13-16)20-14-17(10-12-22(20)24(21)2)15-23-25(3)18-7-5-4-6-8-18/h4-15H,1-3H3. The minimum absolute atomic E-state index is 1.07. The Bertz CT molecular complexity index is 1070. The molecule has 1 heterocycles. The molecule has 0 fully saturated rings. The third-order valence-electron chi connectivity index (χ3n) is 4.70. The quantitative estimate of drug-likeness (QED) is 0.378. The van der Waals surface area contributed by atoms with Crippen molar-refractivity contribution in [2.24, 2.45) is 12.1 Å². The van der Waals surface area contributed by atoms with Crippen LogP contribution in [0.15, 0.2) is 71.8 Å². The summed E-state index contributed by atoms with van der Waals surface area (Å²) >= 11 is 0. The highest BCUT2D eigenvalue weighted by Gasteiger charge is 2.08. The van der Waals surface area contributed by atoms with Gasteiger partial charge in [-0.1, -0.05) is 35.9 Å². The first kappa shape index (κ1) is 15.5. The summed E-state index contributed by atoms with van der Waals surface area (Å²) in [6, 6.07) is 23.3. The zero-order valence-electron chi connectivity index (χ0n) is 14.8. The van der Waals surface area contributed by atoms with Crippen LogP contribution in [0.1, 0.15) is 11.1 Å². The van der Waals surface area contributed by atoms with E-state index in [1.54, 1.807) is 0 Å². The number of benzene rings is 3. The molecule has 0 amide bonds. The number of hydrazone groups is 1. The van der Waals surface area contributed by atoms with Gasteiger partial charge in [-0.3, -0.25) is 5.01 Å². The summed E-state index contributed by atoms with van der Waals surface area (Å²) in [5, 5.41) is 9.03. The Hall–Kier alpha value is -3.07. The maximum absolute atomic E-state index is 4.58. The lowest BCUT2D eigenvalue weighted by molar-refractivity contribution is 1.01. The van der Waals surface area contributed by atoms with Gasteiger partial charge in [-0.25, -0.2) is 0 Å². The van der Waals surface area contributed by atoms with Gasteiger partial charge in [0, 0.05) is 35.9 Å². The van der Waals surface area contributed by atoms with Gasteiger partial charge in [-0.05, 0) is 48.9 Å². The molecular weight excluding hydrogens is 306 g/mol. The molecule has 0 bridgehead atoms. The minimum atomic E-state index is 1.07. The molecule has 0 radical (unpaired) electrons. The average Bonchev–Trinajstić information content (AvgIpc) is 2.92. The molecule has 0 atom stereocenters. The van der Waals surface area contributed by atoms with Gasteiger partial charge in [0.1, 0.15) is 0 Å². The van der Waals surface area contributed by atoms with Crippen LogP contribution in [0.3, 0.4) is 0 Å². The van der Waals surface area contributed by atoms with Gasteiger partial charge < -0.3 is 4.57 Å². The number of aromatic nitrogens is 1. The van der Waals surface area contributed by atoms with E-state index in [2.05, 4.69) is 60.0 Å². The second kappa shape index (κ2) is 6.10. The van der Waals surface area contributed by atoms with Crippen LogP contribution in [0, 0.1) is 6.92 Å². The number of anilines is 1. The van der Waals surface area contributed by atoms with Crippen LogP contribution in [-0.2, 0) is 7.05 Å². The van der Waals surface area contributed by atoms with E-state index in [1.807, 2.05) is 48.6 Å². The third kappa shape index (κ3) is 2.78. The number of aryl methyl sites for hydroxylation is 2. The van der Waals surface area contributed by atoms with E-state index in [9.17, 15) is 0 Å². The van der Waals surface area contributed by atoms with Crippen molar-refractivity contribution in [2.75, 3.05) is 12.1 Å². The predicted molar refractivity (Wildman–Crippen MR) is 108 cm³/mol. The first-order chi connectivity index (χ1) is 12.1. The highest BCUT2D eigenvalue weighted by atomic mass is 15.4. The molecule has 0 saturated heterocycles. The van der Waals surface area contributed by atoms with Gasteiger partial charge in [0.25, 0.3) is 0 Å². The average molecular weight is 327 g/mol. The molecule has 3 heteroatoms. The van der Waals surface area contributed by atoms with Crippen molar-refractivity contribution in [1.82, 2.24) is 4.57 Å². The first-order valence-electron chi connectivity index (χ1n) is 8.45. The number of fused-ring (bicyclic) bond motifs is 3. The van der Waals surface area contributed by atoms with Crippen LogP contribution in [0.2, 0.25) is 0 Å². The predicted octanol–water partition coefficient (Wildman–Crippen LogP) is 5.11. The van der Waals surface area contributed by atoms with Crippen molar-refractivity contribution in [3.8, 4) is 0 Å². The lowest BCUT2D eigenvalue weighted by atomic mass is 10.1. The van der Waals surface area contributed by atoms with Crippen molar-refractivity contribution >= 4 is 33.7 Å². The number of hydrogen-bond donors (Lipinski definition) is 0. The summed E-state index contributed by atoms with van der Waals surface area (Å²) in [5.74, 6) is 0. The third-order valence-corrected chi connectivity index (χ3v) is 4.70. The number of para-hydroxylation sites is 1. The van der Waals surface area contributed by atoms with Gasteiger partial charge in [-0.2, -0.15) is 5.10 Å². The summed E-state index contributed by atoms with van der Waals surface area (Å²) in [6.07, 6.45) is 1.92. The Kier molecular flexibility index (Phi) is 3.77. The van der Waals surface area contributed by atoms with Crippen LogP contribution < -0.4 is 5.01 Å². The van der Waals surface area contributed by atoms with Crippen LogP contribution in [0.4, 0.5) is 5.69 Å². The summed E-state index contributed by atoms with van der Waals surface area (Å²) in [4.78, 5) is 0. The highest BCUT2D eigenvalue weighted by Crippen LogP contribution is 2.29. The van der Waals surface area contributed by atoms with Gasteiger partial charge in [0.2, 0.25) is 0 Å². The second-order valence-electron chi connectivity index (χ2n) is 6.46. The molecule has 1 aromatic heterocycles. The van der Waals surface area contributed by atoms with Crippen molar-refractivity contribution in [3.05, 3.63) is 77.9 Å². The molecule has 25 heavy (non-hydrogen) atoms. The highest BCUT2D eigenvalue weighted by molar-refractivity contribution is 6.09. The zero-order chi connectivity index (χ0) is 17.4. The SMILES string of the molecule is Cc1ccc2c(c1)c1cc(C=NN(C)c3ccccc3)ccc1n2C. The molecule has 124 valence electrons. The molecule has 0 spiro atoms. The van der Waals surface area contributed by atoms with Crippen LogP contribution in [0.5, 0.6) is 0 Å². The molecule has 0 aliphatic heterocycles. The molecule has 4 aromatic rings. The van der Waals surface area contributed by atoms with Crippen molar-refractivity contribution in [1.29, 1.82) is 0 Å². The van der Waals surface area contributed by atoms with E-state index in [4.69, 9.17) is 0 Å². The molecule has 3 aromatic carbocycles.